The fraction of sp³-hybridized carbons (Fsp3) is 0.278. The highest BCUT2D eigenvalue weighted by Gasteiger charge is 2.20. The molecule has 116 valence electrons. The summed E-state index contributed by atoms with van der Waals surface area (Å²) in [6.45, 7) is 2.48. The standard InChI is InChI=1S/C18H21FN2O/c1-13(12-20-2)18(22)21-17(14-6-4-3-5-7-14)15-8-10-16(19)11-9-15/h3-11,13,17,20H,12H2,1-2H3,(H,21,22). The zero-order valence-electron chi connectivity index (χ0n) is 12.8. The van der Waals surface area contributed by atoms with Crippen molar-refractivity contribution in [1.29, 1.82) is 0 Å². The molecule has 0 aliphatic rings. The molecule has 4 heteroatoms. The lowest BCUT2D eigenvalue weighted by atomic mass is 9.97. The van der Waals surface area contributed by atoms with E-state index in [2.05, 4.69) is 10.6 Å². The number of amides is 1. The highest BCUT2D eigenvalue weighted by atomic mass is 19.1. The van der Waals surface area contributed by atoms with Crippen molar-refractivity contribution in [3.8, 4) is 0 Å². The predicted molar refractivity (Wildman–Crippen MR) is 85.9 cm³/mol. The lowest BCUT2D eigenvalue weighted by molar-refractivity contribution is -0.124. The molecule has 0 aromatic heterocycles. The molecule has 0 fully saturated rings. The van der Waals surface area contributed by atoms with Gasteiger partial charge in [0.05, 0.1) is 6.04 Å². The molecule has 0 saturated carbocycles. The van der Waals surface area contributed by atoms with Crippen LogP contribution in [0.3, 0.4) is 0 Å². The van der Waals surface area contributed by atoms with Crippen LogP contribution in [0.5, 0.6) is 0 Å². The van der Waals surface area contributed by atoms with Crippen molar-refractivity contribution < 1.29 is 9.18 Å². The minimum Gasteiger partial charge on any atom is -0.345 e. The van der Waals surface area contributed by atoms with Crippen molar-refractivity contribution in [1.82, 2.24) is 10.6 Å². The Balaban J connectivity index is 2.26. The molecule has 2 N–H and O–H groups in total. The quantitative estimate of drug-likeness (QED) is 0.861. The first-order valence-corrected chi connectivity index (χ1v) is 7.37. The SMILES string of the molecule is CNCC(C)C(=O)NC(c1ccccc1)c1ccc(F)cc1. The van der Waals surface area contributed by atoms with Crippen molar-refractivity contribution >= 4 is 5.91 Å². The van der Waals surface area contributed by atoms with Crippen LogP contribution in [0.15, 0.2) is 54.6 Å². The van der Waals surface area contributed by atoms with Gasteiger partial charge in [-0.3, -0.25) is 4.79 Å². The Morgan fingerprint density at radius 1 is 1.05 bits per heavy atom. The zero-order chi connectivity index (χ0) is 15.9. The molecule has 2 aromatic carbocycles. The minimum absolute atomic E-state index is 0.0347. The van der Waals surface area contributed by atoms with Crippen molar-refractivity contribution in [2.24, 2.45) is 5.92 Å². The summed E-state index contributed by atoms with van der Waals surface area (Å²) in [5, 5.41) is 6.05. The topological polar surface area (TPSA) is 41.1 Å². The average molecular weight is 300 g/mol. The van der Waals surface area contributed by atoms with E-state index < -0.39 is 0 Å². The Morgan fingerprint density at radius 2 is 1.64 bits per heavy atom. The average Bonchev–Trinajstić information content (AvgIpc) is 2.54. The Hall–Kier alpha value is -2.20. The second-order valence-electron chi connectivity index (χ2n) is 5.36. The predicted octanol–water partition coefficient (Wildman–Crippen LogP) is 2.89. The molecule has 3 nitrogen and oxygen atoms in total. The first-order chi connectivity index (χ1) is 10.6. The van der Waals surface area contributed by atoms with Gasteiger partial charge in [0.25, 0.3) is 0 Å². The Labute approximate surface area is 130 Å². The van der Waals surface area contributed by atoms with Crippen molar-refractivity contribution in [2.75, 3.05) is 13.6 Å². The van der Waals surface area contributed by atoms with Gasteiger partial charge in [-0.15, -0.1) is 0 Å². The Kier molecular flexibility index (Phi) is 5.67. The number of carbonyl (C=O) groups excluding carboxylic acids is 1. The summed E-state index contributed by atoms with van der Waals surface area (Å²) in [7, 11) is 1.82. The van der Waals surface area contributed by atoms with Crippen LogP contribution in [0.2, 0.25) is 0 Å². The Bertz CT molecular complexity index is 598. The third kappa shape index (κ3) is 4.15. The molecule has 22 heavy (non-hydrogen) atoms. The number of benzene rings is 2. The summed E-state index contributed by atoms with van der Waals surface area (Å²) >= 11 is 0. The molecule has 0 radical (unpaired) electrons. The highest BCUT2D eigenvalue weighted by Crippen LogP contribution is 2.22. The number of rotatable bonds is 6. The van der Waals surface area contributed by atoms with Crippen LogP contribution in [-0.4, -0.2) is 19.5 Å². The number of carbonyl (C=O) groups is 1. The maximum Gasteiger partial charge on any atom is 0.224 e. The summed E-state index contributed by atoms with van der Waals surface area (Å²) < 4.78 is 13.1. The summed E-state index contributed by atoms with van der Waals surface area (Å²) in [6.07, 6.45) is 0. The summed E-state index contributed by atoms with van der Waals surface area (Å²) in [4.78, 5) is 12.3. The number of hydrogen-bond acceptors (Lipinski definition) is 2. The molecule has 0 aliphatic heterocycles. The van der Waals surface area contributed by atoms with Crippen molar-refractivity contribution in [2.45, 2.75) is 13.0 Å². The lowest BCUT2D eigenvalue weighted by Crippen LogP contribution is -2.37. The molecule has 2 unspecified atom stereocenters. The zero-order valence-corrected chi connectivity index (χ0v) is 12.8. The lowest BCUT2D eigenvalue weighted by Gasteiger charge is -2.22. The monoisotopic (exact) mass is 300 g/mol. The molecule has 2 rings (SSSR count). The van der Waals surface area contributed by atoms with Crippen LogP contribution in [0.4, 0.5) is 4.39 Å². The second-order valence-corrected chi connectivity index (χ2v) is 5.36. The molecule has 0 saturated heterocycles. The van der Waals surface area contributed by atoms with Gasteiger partial charge in [0.2, 0.25) is 5.91 Å². The van der Waals surface area contributed by atoms with Gasteiger partial charge in [0.1, 0.15) is 5.82 Å². The van der Waals surface area contributed by atoms with E-state index in [0.29, 0.717) is 6.54 Å². The first kappa shape index (κ1) is 16.2. The number of nitrogens with one attached hydrogen (secondary N) is 2. The maximum atomic E-state index is 13.1. The summed E-state index contributed by atoms with van der Waals surface area (Å²) in [6, 6.07) is 15.6. The van der Waals surface area contributed by atoms with Crippen LogP contribution < -0.4 is 10.6 Å². The van der Waals surface area contributed by atoms with Crippen molar-refractivity contribution in [3.63, 3.8) is 0 Å². The van der Waals surface area contributed by atoms with Crippen LogP contribution in [0.25, 0.3) is 0 Å². The van der Waals surface area contributed by atoms with Gasteiger partial charge in [-0.2, -0.15) is 0 Å². The van der Waals surface area contributed by atoms with Gasteiger partial charge in [0.15, 0.2) is 0 Å². The molecule has 0 bridgehead atoms. The van der Waals surface area contributed by atoms with Gasteiger partial charge in [0, 0.05) is 12.5 Å². The van der Waals surface area contributed by atoms with E-state index in [4.69, 9.17) is 0 Å². The molecule has 0 heterocycles. The van der Waals surface area contributed by atoms with Gasteiger partial charge >= 0.3 is 0 Å². The van der Waals surface area contributed by atoms with Crippen LogP contribution in [0, 0.1) is 11.7 Å². The number of hydrogen-bond donors (Lipinski definition) is 2. The number of halogens is 1. The van der Waals surface area contributed by atoms with Crippen LogP contribution in [-0.2, 0) is 4.79 Å². The summed E-state index contributed by atoms with van der Waals surface area (Å²) in [5.41, 5.74) is 1.83. The smallest absolute Gasteiger partial charge is 0.224 e. The highest BCUT2D eigenvalue weighted by molar-refractivity contribution is 5.79. The van der Waals surface area contributed by atoms with E-state index in [-0.39, 0.29) is 23.7 Å². The van der Waals surface area contributed by atoms with E-state index in [1.807, 2.05) is 44.3 Å². The first-order valence-electron chi connectivity index (χ1n) is 7.37. The molecule has 2 aromatic rings. The third-order valence-corrected chi connectivity index (χ3v) is 3.58. The fourth-order valence-corrected chi connectivity index (χ4v) is 2.34. The van der Waals surface area contributed by atoms with Gasteiger partial charge in [-0.05, 0) is 30.3 Å². The fourth-order valence-electron chi connectivity index (χ4n) is 2.34. The van der Waals surface area contributed by atoms with E-state index >= 15 is 0 Å². The van der Waals surface area contributed by atoms with E-state index in [1.54, 1.807) is 12.1 Å². The van der Waals surface area contributed by atoms with E-state index in [0.717, 1.165) is 11.1 Å². The second kappa shape index (κ2) is 7.71. The minimum atomic E-state index is -0.287. The molecular weight excluding hydrogens is 279 g/mol. The molecule has 2 atom stereocenters. The normalized spacial score (nSPS) is 13.4. The van der Waals surface area contributed by atoms with Crippen LogP contribution in [0.1, 0.15) is 24.1 Å². The molecule has 0 spiro atoms. The molecular formula is C18H21FN2O. The third-order valence-electron chi connectivity index (χ3n) is 3.58. The maximum absolute atomic E-state index is 13.1. The van der Waals surface area contributed by atoms with Crippen LogP contribution >= 0.6 is 0 Å². The van der Waals surface area contributed by atoms with E-state index in [9.17, 15) is 9.18 Å². The molecule has 0 aliphatic carbocycles. The largest absolute Gasteiger partial charge is 0.345 e. The van der Waals surface area contributed by atoms with Gasteiger partial charge < -0.3 is 10.6 Å². The van der Waals surface area contributed by atoms with Crippen molar-refractivity contribution in [3.05, 3.63) is 71.5 Å². The van der Waals surface area contributed by atoms with Gasteiger partial charge in [-0.25, -0.2) is 4.39 Å². The van der Waals surface area contributed by atoms with Gasteiger partial charge in [-0.1, -0.05) is 49.4 Å². The summed E-state index contributed by atoms with van der Waals surface area (Å²) in [5.74, 6) is -0.463. The Morgan fingerprint density at radius 3 is 2.23 bits per heavy atom. The van der Waals surface area contributed by atoms with E-state index in [1.165, 1.54) is 12.1 Å². The molecule has 1 amide bonds.